The molecule has 0 aliphatic carbocycles. The maximum atomic E-state index is 6.12. The summed E-state index contributed by atoms with van der Waals surface area (Å²) >= 11 is 17.6. The summed E-state index contributed by atoms with van der Waals surface area (Å²) in [6, 6.07) is 3.66. The number of nitrogens with one attached hydrogen (secondary N) is 1. The number of likely N-dealkylation sites (N-methyl/N-ethyl adjacent to an activating group) is 1. The third-order valence-electron chi connectivity index (χ3n) is 3.87. The zero-order valence-electron chi connectivity index (χ0n) is 11.7. The number of H-pyrrole nitrogens is 1. The number of halogens is 2. The van der Waals surface area contributed by atoms with E-state index in [0.717, 1.165) is 37.3 Å². The van der Waals surface area contributed by atoms with Crippen LogP contribution in [0.4, 0.5) is 0 Å². The second-order valence-corrected chi connectivity index (χ2v) is 6.41. The van der Waals surface area contributed by atoms with Crippen molar-refractivity contribution in [1.29, 1.82) is 0 Å². The van der Waals surface area contributed by atoms with E-state index in [1.54, 1.807) is 0 Å². The lowest BCUT2D eigenvalue weighted by Gasteiger charge is -2.32. The molecule has 0 bridgehead atoms. The number of nitrogens with zero attached hydrogens (tertiary/aromatic N) is 2. The van der Waals surface area contributed by atoms with Crippen molar-refractivity contribution in [2.45, 2.75) is 19.6 Å². The van der Waals surface area contributed by atoms with Gasteiger partial charge in [-0.1, -0.05) is 30.1 Å². The van der Waals surface area contributed by atoms with Crippen LogP contribution in [0, 0.1) is 4.77 Å². The lowest BCUT2D eigenvalue weighted by molar-refractivity contribution is -0.0339. The minimum atomic E-state index is 0.138. The summed E-state index contributed by atoms with van der Waals surface area (Å²) in [5, 5.41) is 1.06. The second kappa shape index (κ2) is 6.26. The largest absolute Gasteiger partial charge is 0.374 e. The van der Waals surface area contributed by atoms with Crippen LogP contribution in [0.5, 0.6) is 0 Å². The molecule has 3 rings (SSSR count). The van der Waals surface area contributed by atoms with Crippen LogP contribution in [0.3, 0.4) is 0 Å². The summed E-state index contributed by atoms with van der Waals surface area (Å²) < 4.78 is 8.57. The Morgan fingerprint density at radius 1 is 1.38 bits per heavy atom. The Bertz CT molecular complexity index is 712. The van der Waals surface area contributed by atoms with Gasteiger partial charge < -0.3 is 14.3 Å². The lowest BCUT2D eigenvalue weighted by Crippen LogP contribution is -2.43. The van der Waals surface area contributed by atoms with Crippen molar-refractivity contribution in [3.05, 3.63) is 26.9 Å². The number of rotatable bonds is 3. The lowest BCUT2D eigenvalue weighted by atomic mass is 10.2. The summed E-state index contributed by atoms with van der Waals surface area (Å²) in [6.45, 7) is 6.61. The van der Waals surface area contributed by atoms with Crippen LogP contribution in [-0.2, 0) is 11.3 Å². The van der Waals surface area contributed by atoms with Gasteiger partial charge in [0.05, 0.1) is 40.3 Å². The van der Waals surface area contributed by atoms with Crippen molar-refractivity contribution in [2.24, 2.45) is 0 Å². The maximum absolute atomic E-state index is 6.12. The number of morpholine rings is 1. The number of aromatic amines is 1. The average molecular weight is 346 g/mol. The van der Waals surface area contributed by atoms with Gasteiger partial charge in [0.1, 0.15) is 0 Å². The number of fused-ring (bicyclic) bond motifs is 1. The Labute approximate surface area is 138 Å². The fraction of sp³-hybridized carbons (Fsp3) is 0.500. The molecule has 0 spiro atoms. The van der Waals surface area contributed by atoms with E-state index < -0.39 is 0 Å². The van der Waals surface area contributed by atoms with Crippen molar-refractivity contribution in [3.8, 4) is 0 Å². The Kier molecular flexibility index (Phi) is 4.57. The van der Waals surface area contributed by atoms with Crippen LogP contribution in [0.2, 0.25) is 10.0 Å². The summed E-state index contributed by atoms with van der Waals surface area (Å²) in [4.78, 5) is 5.56. The second-order valence-electron chi connectivity index (χ2n) is 5.21. The Morgan fingerprint density at radius 2 is 2.14 bits per heavy atom. The van der Waals surface area contributed by atoms with Gasteiger partial charge in [0, 0.05) is 13.1 Å². The van der Waals surface area contributed by atoms with E-state index in [1.807, 2.05) is 16.7 Å². The molecular formula is C14H17Cl2N3OS. The number of benzene rings is 1. The van der Waals surface area contributed by atoms with Gasteiger partial charge in [0.2, 0.25) is 0 Å². The molecule has 2 aromatic rings. The first-order valence-electron chi connectivity index (χ1n) is 7.00. The first-order chi connectivity index (χ1) is 10.1. The number of hydrogen-bond donors (Lipinski definition) is 1. The summed E-state index contributed by atoms with van der Waals surface area (Å²) in [5.41, 5.74) is 1.86. The van der Waals surface area contributed by atoms with Crippen LogP contribution in [-0.4, -0.2) is 46.8 Å². The molecule has 1 aliphatic rings. The van der Waals surface area contributed by atoms with Gasteiger partial charge >= 0.3 is 0 Å². The molecule has 21 heavy (non-hydrogen) atoms. The van der Waals surface area contributed by atoms with E-state index in [-0.39, 0.29) is 6.10 Å². The predicted octanol–water partition coefficient (Wildman–Crippen LogP) is 3.73. The Balaban J connectivity index is 1.91. The van der Waals surface area contributed by atoms with Crippen molar-refractivity contribution in [3.63, 3.8) is 0 Å². The third-order valence-corrected chi connectivity index (χ3v) is 4.92. The van der Waals surface area contributed by atoms with Crippen LogP contribution in [0.1, 0.15) is 6.92 Å². The normalized spacial score (nSPS) is 20.2. The molecule has 1 aromatic carbocycles. The average Bonchev–Trinajstić information content (AvgIpc) is 2.76. The third kappa shape index (κ3) is 3.12. The molecule has 1 aromatic heterocycles. The van der Waals surface area contributed by atoms with E-state index in [1.165, 1.54) is 0 Å². The highest BCUT2D eigenvalue weighted by molar-refractivity contribution is 7.71. The van der Waals surface area contributed by atoms with Crippen LogP contribution >= 0.6 is 35.4 Å². The molecule has 114 valence electrons. The summed E-state index contributed by atoms with van der Waals surface area (Å²) in [6.07, 6.45) is 0.138. The molecule has 1 unspecified atom stereocenters. The molecule has 1 N–H and O–H groups in total. The predicted molar refractivity (Wildman–Crippen MR) is 89.0 cm³/mol. The number of aromatic nitrogens is 2. The molecule has 0 radical (unpaired) electrons. The quantitative estimate of drug-likeness (QED) is 0.860. The Morgan fingerprint density at radius 3 is 2.90 bits per heavy atom. The van der Waals surface area contributed by atoms with Crippen molar-refractivity contribution >= 4 is 46.5 Å². The van der Waals surface area contributed by atoms with E-state index >= 15 is 0 Å². The van der Waals surface area contributed by atoms with Gasteiger partial charge in [-0.05, 0) is 30.9 Å². The van der Waals surface area contributed by atoms with E-state index in [2.05, 4.69) is 16.8 Å². The molecule has 1 atom stereocenters. The Hall–Kier alpha value is -0.590. The van der Waals surface area contributed by atoms with E-state index in [0.29, 0.717) is 21.4 Å². The summed E-state index contributed by atoms with van der Waals surface area (Å²) in [7, 11) is 0. The highest BCUT2D eigenvalue weighted by atomic mass is 35.5. The van der Waals surface area contributed by atoms with Crippen molar-refractivity contribution in [1.82, 2.24) is 14.5 Å². The summed E-state index contributed by atoms with van der Waals surface area (Å²) in [5.74, 6) is 0. The van der Waals surface area contributed by atoms with Crippen LogP contribution < -0.4 is 0 Å². The number of imidazole rings is 1. The van der Waals surface area contributed by atoms with Gasteiger partial charge in [-0.3, -0.25) is 4.90 Å². The molecule has 2 heterocycles. The van der Waals surface area contributed by atoms with Gasteiger partial charge in [-0.2, -0.15) is 0 Å². The molecule has 1 saturated heterocycles. The van der Waals surface area contributed by atoms with Gasteiger partial charge in [0.15, 0.2) is 4.77 Å². The number of ether oxygens (including phenoxy) is 1. The first-order valence-corrected chi connectivity index (χ1v) is 8.16. The van der Waals surface area contributed by atoms with E-state index in [4.69, 9.17) is 40.2 Å². The maximum Gasteiger partial charge on any atom is 0.178 e. The SMILES string of the molecule is CCN1CCOC(Cn2c(=S)[nH]c3cc(Cl)c(Cl)cc32)C1. The van der Waals surface area contributed by atoms with Crippen LogP contribution in [0.15, 0.2) is 12.1 Å². The zero-order valence-corrected chi connectivity index (χ0v) is 14.1. The highest BCUT2D eigenvalue weighted by Crippen LogP contribution is 2.28. The topological polar surface area (TPSA) is 33.2 Å². The highest BCUT2D eigenvalue weighted by Gasteiger charge is 2.21. The molecule has 4 nitrogen and oxygen atoms in total. The van der Waals surface area contributed by atoms with Gasteiger partial charge in [0.25, 0.3) is 0 Å². The minimum absolute atomic E-state index is 0.138. The fourth-order valence-corrected chi connectivity index (χ4v) is 3.32. The molecule has 0 amide bonds. The molecular weight excluding hydrogens is 329 g/mol. The smallest absolute Gasteiger partial charge is 0.178 e. The molecule has 7 heteroatoms. The van der Waals surface area contributed by atoms with Gasteiger partial charge in [-0.25, -0.2) is 0 Å². The van der Waals surface area contributed by atoms with Crippen molar-refractivity contribution < 1.29 is 4.74 Å². The van der Waals surface area contributed by atoms with Gasteiger partial charge in [-0.15, -0.1) is 0 Å². The zero-order chi connectivity index (χ0) is 15.0. The molecule has 0 saturated carbocycles. The number of hydrogen-bond acceptors (Lipinski definition) is 3. The van der Waals surface area contributed by atoms with Crippen molar-refractivity contribution in [2.75, 3.05) is 26.2 Å². The monoisotopic (exact) mass is 345 g/mol. The molecule has 1 aliphatic heterocycles. The minimum Gasteiger partial charge on any atom is -0.374 e. The van der Waals surface area contributed by atoms with Crippen LogP contribution in [0.25, 0.3) is 11.0 Å². The van der Waals surface area contributed by atoms with E-state index in [9.17, 15) is 0 Å². The fourth-order valence-electron chi connectivity index (χ4n) is 2.71. The molecule has 1 fully saturated rings. The standard InChI is InChI=1S/C14H17Cl2N3OS/c1-2-18-3-4-20-9(7-18)8-19-13-6-11(16)10(15)5-12(13)17-14(19)21/h5-6,9H,2-4,7-8H2,1H3,(H,17,21). The first kappa shape index (κ1) is 15.3.